The van der Waals surface area contributed by atoms with Gasteiger partial charge in [-0.2, -0.15) is 0 Å². The van der Waals surface area contributed by atoms with Crippen molar-refractivity contribution in [3.63, 3.8) is 0 Å². The number of carbonyl (C=O) groups excluding carboxylic acids is 1. The van der Waals surface area contributed by atoms with E-state index in [0.29, 0.717) is 0 Å². The van der Waals surface area contributed by atoms with Crippen LogP contribution in [0.4, 0.5) is 4.39 Å². The normalized spacial score (nSPS) is 19.3. The molecule has 23 heavy (non-hydrogen) atoms. The molecule has 0 bridgehead atoms. The fourth-order valence-electron chi connectivity index (χ4n) is 3.05. The second-order valence-electron chi connectivity index (χ2n) is 6.27. The number of hydrogen-bond donors (Lipinski definition) is 1. The molecule has 5 heteroatoms. The lowest BCUT2D eigenvalue weighted by Gasteiger charge is -2.40. The lowest BCUT2D eigenvalue weighted by molar-refractivity contribution is -0.126. The molecule has 1 fully saturated rings. The fourth-order valence-corrected chi connectivity index (χ4v) is 3.05. The number of carbonyl (C=O) groups is 1. The number of benzene rings is 1. The topological polar surface area (TPSA) is 35.6 Å². The van der Waals surface area contributed by atoms with Crippen LogP contribution in [-0.2, 0) is 4.79 Å². The minimum absolute atomic E-state index is 0.0897. The van der Waals surface area contributed by atoms with Crippen LogP contribution in [0.2, 0.25) is 0 Å². The predicted molar refractivity (Wildman–Crippen MR) is 90.7 cm³/mol. The summed E-state index contributed by atoms with van der Waals surface area (Å²) in [6, 6.07) is 6.92. The predicted octanol–water partition coefficient (Wildman–Crippen LogP) is 2.42. The van der Waals surface area contributed by atoms with Gasteiger partial charge < -0.3 is 5.32 Å². The maximum atomic E-state index is 13.4. The lowest BCUT2D eigenvalue weighted by atomic mass is 10.1. The number of nitrogens with zero attached hydrogens (tertiary/aromatic N) is 2. The zero-order valence-electron chi connectivity index (χ0n) is 14.4. The first-order valence-electron chi connectivity index (χ1n) is 8.54. The van der Waals surface area contributed by atoms with Crippen LogP contribution < -0.4 is 5.32 Å². The number of rotatable bonds is 6. The van der Waals surface area contributed by atoms with Crippen molar-refractivity contribution in [1.29, 1.82) is 0 Å². The fraction of sp³-hybridized carbons (Fsp3) is 0.611. The first-order chi connectivity index (χ1) is 11.0. The molecule has 0 unspecified atom stereocenters. The maximum absolute atomic E-state index is 13.4. The van der Waals surface area contributed by atoms with Gasteiger partial charge in [0.05, 0.1) is 6.04 Å². The Morgan fingerprint density at radius 1 is 1.22 bits per heavy atom. The van der Waals surface area contributed by atoms with Crippen LogP contribution in [0.5, 0.6) is 0 Å². The number of hydrogen-bond acceptors (Lipinski definition) is 3. The van der Waals surface area contributed by atoms with Crippen molar-refractivity contribution in [2.45, 2.75) is 39.3 Å². The highest BCUT2D eigenvalue weighted by atomic mass is 19.1. The van der Waals surface area contributed by atoms with Gasteiger partial charge in [0.1, 0.15) is 5.82 Å². The summed E-state index contributed by atoms with van der Waals surface area (Å²) in [5.41, 5.74) is 1.01. The highest BCUT2D eigenvalue weighted by Crippen LogP contribution is 2.22. The second kappa shape index (κ2) is 8.41. The van der Waals surface area contributed by atoms with Gasteiger partial charge in [0.15, 0.2) is 0 Å². The van der Waals surface area contributed by atoms with E-state index in [-0.39, 0.29) is 23.8 Å². The van der Waals surface area contributed by atoms with Gasteiger partial charge in [-0.1, -0.05) is 19.1 Å². The smallest absolute Gasteiger partial charge is 0.237 e. The van der Waals surface area contributed by atoms with Crippen LogP contribution in [0, 0.1) is 5.82 Å². The van der Waals surface area contributed by atoms with Gasteiger partial charge in [-0.05, 0) is 38.0 Å². The molecule has 2 rings (SSSR count). The van der Waals surface area contributed by atoms with E-state index in [4.69, 9.17) is 0 Å². The summed E-state index contributed by atoms with van der Waals surface area (Å²) in [6.07, 6.45) is 0.956. The van der Waals surface area contributed by atoms with Gasteiger partial charge in [0.2, 0.25) is 5.91 Å². The first kappa shape index (κ1) is 17.9. The second-order valence-corrected chi connectivity index (χ2v) is 6.27. The van der Waals surface area contributed by atoms with Crippen LogP contribution in [-0.4, -0.2) is 54.5 Å². The Balaban J connectivity index is 1.87. The van der Waals surface area contributed by atoms with Crippen molar-refractivity contribution in [2.24, 2.45) is 0 Å². The average Bonchev–Trinajstić information content (AvgIpc) is 2.58. The largest absolute Gasteiger partial charge is 0.355 e. The van der Waals surface area contributed by atoms with Gasteiger partial charge in [-0.15, -0.1) is 0 Å². The van der Waals surface area contributed by atoms with Crippen LogP contribution in [0.15, 0.2) is 24.3 Å². The minimum atomic E-state index is -0.186. The van der Waals surface area contributed by atoms with Crippen molar-refractivity contribution in [3.8, 4) is 0 Å². The quantitative estimate of drug-likeness (QED) is 0.874. The van der Waals surface area contributed by atoms with Crippen LogP contribution in [0.25, 0.3) is 0 Å². The molecular formula is C18H28FN3O. The molecule has 0 saturated carbocycles. The number of amides is 1. The Morgan fingerprint density at radius 3 is 2.48 bits per heavy atom. The summed E-state index contributed by atoms with van der Waals surface area (Å²) in [7, 11) is 0. The Hall–Kier alpha value is -1.46. The molecular weight excluding hydrogens is 293 g/mol. The lowest BCUT2D eigenvalue weighted by Crippen LogP contribution is -2.54. The molecule has 1 aromatic carbocycles. The van der Waals surface area contributed by atoms with Gasteiger partial charge in [0.25, 0.3) is 0 Å². The van der Waals surface area contributed by atoms with E-state index >= 15 is 0 Å². The Morgan fingerprint density at radius 2 is 1.87 bits per heavy atom. The third-order valence-corrected chi connectivity index (χ3v) is 4.70. The van der Waals surface area contributed by atoms with E-state index in [2.05, 4.69) is 29.0 Å². The van der Waals surface area contributed by atoms with Crippen LogP contribution >= 0.6 is 0 Å². The molecule has 4 nitrogen and oxygen atoms in total. The van der Waals surface area contributed by atoms with E-state index in [1.165, 1.54) is 6.07 Å². The molecule has 0 spiro atoms. The van der Waals surface area contributed by atoms with Crippen molar-refractivity contribution in [2.75, 3.05) is 32.7 Å². The van der Waals surface area contributed by atoms with Crippen LogP contribution in [0.1, 0.15) is 38.8 Å². The monoisotopic (exact) mass is 321 g/mol. The molecule has 1 saturated heterocycles. The summed E-state index contributed by atoms with van der Waals surface area (Å²) in [5.74, 6) is -0.0762. The Kier molecular flexibility index (Phi) is 6.54. The summed E-state index contributed by atoms with van der Waals surface area (Å²) in [5, 5.41) is 2.96. The Bertz CT molecular complexity index is 515. The molecule has 1 aromatic rings. The average molecular weight is 321 g/mol. The summed E-state index contributed by atoms with van der Waals surface area (Å²) in [4.78, 5) is 16.6. The SMILES string of the molecule is CCCNC(=O)[C@@H](C)N1CCN([C@H](C)c2cccc(F)c2)CC1. The van der Waals surface area contributed by atoms with Crippen molar-refractivity contribution < 1.29 is 9.18 Å². The van der Waals surface area contributed by atoms with Crippen molar-refractivity contribution >= 4 is 5.91 Å². The van der Waals surface area contributed by atoms with E-state index in [0.717, 1.165) is 44.7 Å². The van der Waals surface area contributed by atoms with Gasteiger partial charge >= 0.3 is 0 Å². The van der Waals surface area contributed by atoms with Gasteiger partial charge in [0, 0.05) is 38.8 Å². The molecule has 1 aliphatic rings. The molecule has 0 aromatic heterocycles. The van der Waals surface area contributed by atoms with Crippen LogP contribution in [0.3, 0.4) is 0 Å². The van der Waals surface area contributed by atoms with E-state index in [9.17, 15) is 9.18 Å². The molecule has 0 aliphatic carbocycles. The number of nitrogens with one attached hydrogen (secondary N) is 1. The third-order valence-electron chi connectivity index (χ3n) is 4.70. The molecule has 1 N–H and O–H groups in total. The molecule has 128 valence electrons. The Labute approximate surface area is 138 Å². The zero-order valence-corrected chi connectivity index (χ0v) is 14.4. The molecule has 2 atom stereocenters. The van der Waals surface area contributed by atoms with E-state index in [1.807, 2.05) is 13.0 Å². The summed E-state index contributed by atoms with van der Waals surface area (Å²) < 4.78 is 13.4. The summed E-state index contributed by atoms with van der Waals surface area (Å²) in [6.45, 7) is 10.4. The zero-order chi connectivity index (χ0) is 16.8. The van der Waals surface area contributed by atoms with Crippen molar-refractivity contribution in [3.05, 3.63) is 35.6 Å². The standard InChI is InChI=1S/C18H28FN3O/c1-4-8-20-18(23)15(3)22-11-9-21(10-12-22)14(2)16-6-5-7-17(19)13-16/h5-7,13-15H,4,8-12H2,1-3H3,(H,20,23)/t14-,15-/m1/s1. The first-order valence-corrected chi connectivity index (χ1v) is 8.54. The highest BCUT2D eigenvalue weighted by Gasteiger charge is 2.27. The molecule has 1 aliphatic heterocycles. The maximum Gasteiger partial charge on any atom is 0.237 e. The van der Waals surface area contributed by atoms with Crippen molar-refractivity contribution in [1.82, 2.24) is 15.1 Å². The molecule has 0 radical (unpaired) electrons. The highest BCUT2D eigenvalue weighted by molar-refractivity contribution is 5.81. The minimum Gasteiger partial charge on any atom is -0.355 e. The molecule has 1 amide bonds. The van der Waals surface area contributed by atoms with E-state index < -0.39 is 0 Å². The third kappa shape index (κ3) is 4.75. The number of piperazine rings is 1. The van der Waals surface area contributed by atoms with E-state index in [1.54, 1.807) is 12.1 Å². The number of halogens is 1. The van der Waals surface area contributed by atoms with Gasteiger partial charge in [-0.3, -0.25) is 14.6 Å². The molecule has 1 heterocycles. The van der Waals surface area contributed by atoms with Gasteiger partial charge in [-0.25, -0.2) is 4.39 Å². The summed E-state index contributed by atoms with van der Waals surface area (Å²) >= 11 is 0.